The van der Waals surface area contributed by atoms with Gasteiger partial charge in [0.1, 0.15) is 0 Å². The van der Waals surface area contributed by atoms with E-state index < -0.39 is 0 Å². The van der Waals surface area contributed by atoms with Gasteiger partial charge < -0.3 is 5.32 Å². The van der Waals surface area contributed by atoms with Crippen LogP contribution in [0.15, 0.2) is 54.6 Å². The highest BCUT2D eigenvalue weighted by molar-refractivity contribution is 14.1. The van der Waals surface area contributed by atoms with E-state index in [1.165, 1.54) is 14.7 Å². The molecule has 0 fully saturated rings. The van der Waals surface area contributed by atoms with Crippen molar-refractivity contribution in [2.24, 2.45) is 0 Å². The van der Waals surface area contributed by atoms with Gasteiger partial charge in [-0.1, -0.05) is 48.5 Å². The number of rotatable bonds is 6. The second kappa shape index (κ2) is 7.54. The first-order valence-electron chi connectivity index (χ1n) is 6.34. The van der Waals surface area contributed by atoms with Crippen molar-refractivity contribution in [3.05, 3.63) is 69.3 Å². The van der Waals surface area contributed by atoms with Crippen molar-refractivity contribution in [3.8, 4) is 0 Å². The molecule has 0 aliphatic carbocycles. The lowest BCUT2D eigenvalue weighted by molar-refractivity contribution is 0.681. The lowest BCUT2D eigenvalue weighted by Gasteiger charge is -2.06. The summed E-state index contributed by atoms with van der Waals surface area (Å²) < 4.78 is 1.36. The minimum atomic E-state index is 1.05. The molecule has 0 saturated heterocycles. The minimum Gasteiger partial charge on any atom is -0.316 e. The van der Waals surface area contributed by atoms with Gasteiger partial charge in [0.15, 0.2) is 0 Å². The summed E-state index contributed by atoms with van der Waals surface area (Å²) >= 11 is 2.40. The third kappa shape index (κ3) is 4.42. The number of benzene rings is 2. The second-order valence-corrected chi connectivity index (χ2v) is 5.49. The van der Waals surface area contributed by atoms with E-state index >= 15 is 0 Å². The fraction of sp³-hybridized carbons (Fsp3) is 0.250. The second-order valence-electron chi connectivity index (χ2n) is 4.33. The van der Waals surface area contributed by atoms with Crippen molar-refractivity contribution in [3.63, 3.8) is 0 Å². The molecule has 1 N–H and O–H groups in total. The van der Waals surface area contributed by atoms with Crippen molar-refractivity contribution in [1.82, 2.24) is 5.32 Å². The van der Waals surface area contributed by atoms with Gasteiger partial charge in [0.25, 0.3) is 0 Å². The van der Waals surface area contributed by atoms with Crippen LogP contribution in [0.2, 0.25) is 0 Å². The van der Waals surface area contributed by atoms with Gasteiger partial charge in [-0.3, -0.25) is 0 Å². The Kier molecular flexibility index (Phi) is 5.68. The summed E-state index contributed by atoms with van der Waals surface area (Å²) in [6.45, 7) is 2.10. The van der Waals surface area contributed by atoms with Crippen molar-refractivity contribution in [1.29, 1.82) is 0 Å². The predicted octanol–water partition coefficient (Wildman–Crippen LogP) is 3.67. The SMILES string of the molecule is Ic1ccccc1CCNCCc1ccccc1. The van der Waals surface area contributed by atoms with E-state index in [0.717, 1.165) is 25.9 Å². The fourth-order valence-corrected chi connectivity index (χ4v) is 2.58. The van der Waals surface area contributed by atoms with E-state index in [0.29, 0.717) is 0 Å². The quantitative estimate of drug-likeness (QED) is 0.619. The monoisotopic (exact) mass is 351 g/mol. The minimum absolute atomic E-state index is 1.05. The Morgan fingerprint density at radius 2 is 1.44 bits per heavy atom. The van der Waals surface area contributed by atoms with Crippen LogP contribution < -0.4 is 5.32 Å². The van der Waals surface area contributed by atoms with Crippen LogP contribution in [0.4, 0.5) is 0 Å². The van der Waals surface area contributed by atoms with Crippen molar-refractivity contribution >= 4 is 22.6 Å². The van der Waals surface area contributed by atoms with E-state index in [1.807, 2.05) is 0 Å². The molecule has 0 heterocycles. The molecule has 18 heavy (non-hydrogen) atoms. The lowest BCUT2D eigenvalue weighted by Crippen LogP contribution is -2.20. The van der Waals surface area contributed by atoms with Crippen LogP contribution in [0.1, 0.15) is 11.1 Å². The van der Waals surface area contributed by atoms with Crippen molar-refractivity contribution < 1.29 is 0 Å². The summed E-state index contributed by atoms with van der Waals surface area (Å²) in [4.78, 5) is 0. The first-order chi connectivity index (χ1) is 8.86. The predicted molar refractivity (Wildman–Crippen MR) is 85.9 cm³/mol. The van der Waals surface area contributed by atoms with Gasteiger partial charge in [0.05, 0.1) is 0 Å². The number of halogens is 1. The van der Waals surface area contributed by atoms with Gasteiger partial charge in [-0.2, -0.15) is 0 Å². The molecule has 0 aromatic heterocycles. The number of hydrogen-bond donors (Lipinski definition) is 1. The maximum absolute atomic E-state index is 3.51. The molecule has 0 bridgehead atoms. The van der Waals surface area contributed by atoms with Crippen LogP contribution in [0.5, 0.6) is 0 Å². The highest BCUT2D eigenvalue weighted by Crippen LogP contribution is 2.11. The van der Waals surface area contributed by atoms with Crippen molar-refractivity contribution in [2.75, 3.05) is 13.1 Å². The third-order valence-electron chi connectivity index (χ3n) is 2.96. The number of hydrogen-bond acceptors (Lipinski definition) is 1. The average Bonchev–Trinajstić information content (AvgIpc) is 2.42. The largest absolute Gasteiger partial charge is 0.316 e. The van der Waals surface area contributed by atoms with Crippen LogP contribution in [-0.2, 0) is 12.8 Å². The van der Waals surface area contributed by atoms with E-state index in [9.17, 15) is 0 Å². The van der Waals surface area contributed by atoms with Crippen LogP contribution >= 0.6 is 22.6 Å². The molecule has 0 amide bonds. The highest BCUT2D eigenvalue weighted by Gasteiger charge is 1.97. The molecule has 0 spiro atoms. The summed E-state index contributed by atoms with van der Waals surface area (Å²) in [5, 5.41) is 3.51. The first-order valence-corrected chi connectivity index (χ1v) is 7.42. The van der Waals surface area contributed by atoms with E-state index in [1.54, 1.807) is 0 Å². The van der Waals surface area contributed by atoms with Crippen LogP contribution in [0, 0.1) is 3.57 Å². The molecular weight excluding hydrogens is 333 g/mol. The zero-order valence-electron chi connectivity index (χ0n) is 10.4. The molecule has 2 aromatic carbocycles. The summed E-state index contributed by atoms with van der Waals surface area (Å²) in [6.07, 6.45) is 2.21. The maximum atomic E-state index is 3.51. The molecule has 2 aromatic rings. The van der Waals surface area contributed by atoms with E-state index in [4.69, 9.17) is 0 Å². The Labute approximate surface area is 123 Å². The first kappa shape index (κ1) is 13.6. The smallest absolute Gasteiger partial charge is 0.0162 e. The van der Waals surface area contributed by atoms with Crippen LogP contribution in [0.3, 0.4) is 0 Å². The van der Waals surface area contributed by atoms with Crippen LogP contribution in [0.25, 0.3) is 0 Å². The molecule has 0 atom stereocenters. The van der Waals surface area contributed by atoms with Gasteiger partial charge in [-0.25, -0.2) is 0 Å². The Balaban J connectivity index is 1.66. The molecule has 1 nitrogen and oxygen atoms in total. The maximum Gasteiger partial charge on any atom is 0.0162 e. The van der Waals surface area contributed by atoms with E-state index in [-0.39, 0.29) is 0 Å². The summed E-state index contributed by atoms with van der Waals surface area (Å²) in [7, 11) is 0. The summed E-state index contributed by atoms with van der Waals surface area (Å²) in [6, 6.07) is 19.2. The molecule has 0 aliphatic heterocycles. The zero-order valence-corrected chi connectivity index (χ0v) is 12.6. The summed E-state index contributed by atoms with van der Waals surface area (Å²) in [5.41, 5.74) is 2.84. The lowest BCUT2D eigenvalue weighted by atomic mass is 10.1. The molecule has 0 saturated carbocycles. The molecule has 2 rings (SSSR count). The topological polar surface area (TPSA) is 12.0 Å². The fourth-order valence-electron chi connectivity index (χ4n) is 1.93. The Hall–Kier alpha value is -0.870. The standard InChI is InChI=1S/C16H18IN/c17-16-9-5-4-8-15(16)11-13-18-12-10-14-6-2-1-3-7-14/h1-9,18H,10-13H2. The van der Waals surface area contributed by atoms with E-state index in [2.05, 4.69) is 82.5 Å². The molecule has 94 valence electrons. The normalized spacial score (nSPS) is 10.5. The zero-order chi connectivity index (χ0) is 12.6. The molecule has 0 aliphatic rings. The Morgan fingerprint density at radius 3 is 2.22 bits per heavy atom. The van der Waals surface area contributed by atoms with Crippen LogP contribution in [-0.4, -0.2) is 13.1 Å². The van der Waals surface area contributed by atoms with Gasteiger partial charge in [0, 0.05) is 3.57 Å². The van der Waals surface area contributed by atoms with Crippen molar-refractivity contribution in [2.45, 2.75) is 12.8 Å². The van der Waals surface area contributed by atoms with Gasteiger partial charge >= 0.3 is 0 Å². The highest BCUT2D eigenvalue weighted by atomic mass is 127. The third-order valence-corrected chi connectivity index (χ3v) is 4.01. The Bertz CT molecular complexity index is 468. The molecule has 2 heteroatoms. The van der Waals surface area contributed by atoms with Gasteiger partial charge in [-0.15, -0.1) is 0 Å². The van der Waals surface area contributed by atoms with Gasteiger partial charge in [-0.05, 0) is 65.7 Å². The average molecular weight is 351 g/mol. The summed E-state index contributed by atoms with van der Waals surface area (Å²) in [5.74, 6) is 0. The Morgan fingerprint density at radius 1 is 0.778 bits per heavy atom. The molecular formula is C16H18IN. The number of nitrogens with one attached hydrogen (secondary N) is 1. The van der Waals surface area contributed by atoms with Gasteiger partial charge in [0.2, 0.25) is 0 Å². The molecule has 0 unspecified atom stereocenters. The molecule has 0 radical (unpaired) electrons.